The molecule has 0 aliphatic carbocycles. The lowest BCUT2D eigenvalue weighted by Crippen LogP contribution is -2.14. The second-order valence-electron chi connectivity index (χ2n) is 7.95. The van der Waals surface area contributed by atoms with Crippen molar-refractivity contribution in [1.82, 2.24) is 19.9 Å². The van der Waals surface area contributed by atoms with Gasteiger partial charge in [0.1, 0.15) is 0 Å². The molecule has 0 saturated carbocycles. The Balaban J connectivity index is 1.61. The second kappa shape index (κ2) is 8.18. The van der Waals surface area contributed by atoms with Crippen LogP contribution in [0.15, 0.2) is 53.1 Å². The smallest absolute Gasteiger partial charge is 0.260 e. The Morgan fingerprint density at radius 2 is 1.81 bits per heavy atom. The minimum Gasteiger partial charge on any atom is -0.334 e. The molecule has 0 aliphatic heterocycles. The van der Waals surface area contributed by atoms with Crippen LogP contribution in [0.2, 0.25) is 0 Å². The van der Waals surface area contributed by atoms with Crippen LogP contribution in [0.25, 0.3) is 17.1 Å². The van der Waals surface area contributed by atoms with Gasteiger partial charge in [0.25, 0.3) is 11.8 Å². The van der Waals surface area contributed by atoms with Crippen molar-refractivity contribution < 1.29 is 9.32 Å². The molecule has 7 heteroatoms. The van der Waals surface area contributed by atoms with E-state index in [2.05, 4.69) is 20.6 Å². The molecule has 0 radical (unpaired) electrons. The van der Waals surface area contributed by atoms with E-state index in [1.165, 1.54) is 0 Å². The first kappa shape index (κ1) is 20.5. The predicted octanol–water partition coefficient (Wildman–Crippen LogP) is 5.22. The number of para-hydroxylation sites is 1. The molecule has 7 nitrogen and oxygen atoms in total. The number of hydrogen-bond acceptors (Lipinski definition) is 5. The summed E-state index contributed by atoms with van der Waals surface area (Å²) in [5.74, 6) is 0.969. The van der Waals surface area contributed by atoms with Crippen molar-refractivity contribution >= 4 is 11.6 Å². The highest BCUT2D eigenvalue weighted by Crippen LogP contribution is 2.31. The number of hydrogen-bond donors (Lipinski definition) is 1. The highest BCUT2D eigenvalue weighted by atomic mass is 16.5. The highest BCUT2D eigenvalue weighted by Gasteiger charge is 2.18. The average molecular weight is 415 g/mol. The third-order valence-corrected chi connectivity index (χ3v) is 5.08. The SMILES string of the molecule is Cc1cc(C)n(-c2ccc(C(=O)Nc3c(C)cccc3-c3nc(C(C)C)no3)cc2)n1. The summed E-state index contributed by atoms with van der Waals surface area (Å²) < 4.78 is 7.31. The van der Waals surface area contributed by atoms with Crippen LogP contribution in [0.3, 0.4) is 0 Å². The van der Waals surface area contributed by atoms with Gasteiger partial charge in [0.2, 0.25) is 0 Å². The molecule has 2 aromatic heterocycles. The summed E-state index contributed by atoms with van der Waals surface area (Å²) >= 11 is 0. The maximum absolute atomic E-state index is 13.0. The molecular formula is C24H25N5O2. The van der Waals surface area contributed by atoms with Crippen molar-refractivity contribution in [3.05, 3.63) is 76.9 Å². The molecule has 1 amide bonds. The monoisotopic (exact) mass is 415 g/mol. The molecule has 2 aromatic carbocycles. The van der Waals surface area contributed by atoms with Gasteiger partial charge >= 0.3 is 0 Å². The summed E-state index contributed by atoms with van der Waals surface area (Å²) in [6, 6.07) is 15.1. The maximum Gasteiger partial charge on any atom is 0.260 e. The van der Waals surface area contributed by atoms with E-state index in [4.69, 9.17) is 4.52 Å². The van der Waals surface area contributed by atoms with Crippen molar-refractivity contribution in [3.63, 3.8) is 0 Å². The Kier molecular flexibility index (Phi) is 5.42. The number of carbonyl (C=O) groups excluding carboxylic acids is 1. The van der Waals surface area contributed by atoms with Crippen molar-refractivity contribution in [3.8, 4) is 17.1 Å². The van der Waals surface area contributed by atoms with Crippen molar-refractivity contribution in [2.24, 2.45) is 0 Å². The molecule has 0 aliphatic rings. The fourth-order valence-corrected chi connectivity index (χ4v) is 3.42. The number of carbonyl (C=O) groups is 1. The van der Waals surface area contributed by atoms with Crippen LogP contribution in [0.4, 0.5) is 5.69 Å². The second-order valence-corrected chi connectivity index (χ2v) is 7.95. The maximum atomic E-state index is 13.0. The van der Waals surface area contributed by atoms with Crippen molar-refractivity contribution in [2.45, 2.75) is 40.5 Å². The predicted molar refractivity (Wildman–Crippen MR) is 120 cm³/mol. The molecule has 2 heterocycles. The van der Waals surface area contributed by atoms with Crippen LogP contribution in [-0.4, -0.2) is 25.8 Å². The number of aryl methyl sites for hydroxylation is 3. The van der Waals surface area contributed by atoms with Crippen LogP contribution in [-0.2, 0) is 0 Å². The number of nitrogens with zero attached hydrogens (tertiary/aromatic N) is 4. The molecule has 0 unspecified atom stereocenters. The number of benzene rings is 2. The molecule has 31 heavy (non-hydrogen) atoms. The van der Waals surface area contributed by atoms with E-state index >= 15 is 0 Å². The molecule has 0 atom stereocenters. The zero-order valence-corrected chi connectivity index (χ0v) is 18.3. The molecule has 4 rings (SSSR count). The van der Waals surface area contributed by atoms with Gasteiger partial charge in [0, 0.05) is 17.2 Å². The molecule has 0 spiro atoms. The van der Waals surface area contributed by atoms with Gasteiger partial charge in [-0.3, -0.25) is 4.79 Å². The van der Waals surface area contributed by atoms with Gasteiger partial charge in [0.05, 0.1) is 22.6 Å². The van der Waals surface area contributed by atoms with E-state index in [1.54, 1.807) is 12.1 Å². The zero-order valence-electron chi connectivity index (χ0n) is 18.3. The molecule has 0 bridgehead atoms. The lowest BCUT2D eigenvalue weighted by Gasteiger charge is -2.12. The topological polar surface area (TPSA) is 85.8 Å². The lowest BCUT2D eigenvalue weighted by atomic mass is 10.1. The molecule has 158 valence electrons. The first-order valence-electron chi connectivity index (χ1n) is 10.2. The van der Waals surface area contributed by atoms with Gasteiger partial charge in [-0.05, 0) is 62.7 Å². The minimum atomic E-state index is -0.209. The summed E-state index contributed by atoms with van der Waals surface area (Å²) in [6.45, 7) is 9.90. The van der Waals surface area contributed by atoms with Crippen LogP contribution in [0.1, 0.15) is 52.9 Å². The van der Waals surface area contributed by atoms with Gasteiger partial charge in [-0.2, -0.15) is 10.1 Å². The van der Waals surface area contributed by atoms with Crippen LogP contribution >= 0.6 is 0 Å². The van der Waals surface area contributed by atoms with E-state index in [0.29, 0.717) is 28.5 Å². The molecule has 1 N–H and O–H groups in total. The summed E-state index contributed by atoms with van der Waals surface area (Å²) in [5, 5.41) is 11.5. The highest BCUT2D eigenvalue weighted by molar-refractivity contribution is 6.06. The number of amides is 1. The van der Waals surface area contributed by atoms with Gasteiger partial charge < -0.3 is 9.84 Å². The summed E-state index contributed by atoms with van der Waals surface area (Å²) in [7, 11) is 0. The molecule has 0 fully saturated rings. The normalized spacial score (nSPS) is 11.2. The summed E-state index contributed by atoms with van der Waals surface area (Å²) in [6.07, 6.45) is 0. The van der Waals surface area contributed by atoms with E-state index < -0.39 is 0 Å². The van der Waals surface area contributed by atoms with Gasteiger partial charge in [-0.15, -0.1) is 0 Å². The van der Waals surface area contributed by atoms with Crippen LogP contribution in [0.5, 0.6) is 0 Å². The van der Waals surface area contributed by atoms with E-state index in [-0.39, 0.29) is 11.8 Å². The third kappa shape index (κ3) is 4.12. The Morgan fingerprint density at radius 1 is 1.06 bits per heavy atom. The van der Waals surface area contributed by atoms with Gasteiger partial charge in [0.15, 0.2) is 5.82 Å². The summed E-state index contributed by atoms with van der Waals surface area (Å²) in [5.41, 5.74) is 5.72. The number of aromatic nitrogens is 4. The van der Waals surface area contributed by atoms with Crippen molar-refractivity contribution in [1.29, 1.82) is 0 Å². The Hall–Kier alpha value is -3.74. The fraction of sp³-hybridized carbons (Fsp3) is 0.250. The Morgan fingerprint density at radius 3 is 2.42 bits per heavy atom. The molecular weight excluding hydrogens is 390 g/mol. The minimum absolute atomic E-state index is 0.154. The zero-order chi connectivity index (χ0) is 22.1. The average Bonchev–Trinajstić information content (AvgIpc) is 3.36. The molecule has 4 aromatic rings. The molecule has 0 saturated heterocycles. The van der Waals surface area contributed by atoms with Crippen LogP contribution < -0.4 is 5.32 Å². The first-order valence-corrected chi connectivity index (χ1v) is 10.2. The van der Waals surface area contributed by atoms with Gasteiger partial charge in [-0.25, -0.2) is 4.68 Å². The number of rotatable bonds is 5. The van der Waals surface area contributed by atoms with E-state index in [9.17, 15) is 4.79 Å². The quantitative estimate of drug-likeness (QED) is 0.483. The Labute approximate surface area is 181 Å². The lowest BCUT2D eigenvalue weighted by molar-refractivity contribution is 0.102. The van der Waals surface area contributed by atoms with E-state index in [0.717, 1.165) is 22.6 Å². The van der Waals surface area contributed by atoms with Crippen LogP contribution in [0, 0.1) is 20.8 Å². The first-order chi connectivity index (χ1) is 14.8. The Bertz CT molecular complexity index is 1240. The van der Waals surface area contributed by atoms with E-state index in [1.807, 2.05) is 75.7 Å². The number of nitrogens with one attached hydrogen (secondary N) is 1. The number of anilines is 1. The largest absolute Gasteiger partial charge is 0.334 e. The fourth-order valence-electron chi connectivity index (χ4n) is 3.42. The standard InChI is InChI=1S/C24H25N5O2/c1-14(2)22-26-24(31-28-22)20-8-6-7-15(3)21(20)25-23(30)18-9-11-19(12-10-18)29-17(5)13-16(4)27-29/h6-14H,1-5H3,(H,25,30). The van der Waals surface area contributed by atoms with Crippen molar-refractivity contribution in [2.75, 3.05) is 5.32 Å². The summed E-state index contributed by atoms with van der Waals surface area (Å²) in [4.78, 5) is 17.5. The third-order valence-electron chi connectivity index (χ3n) is 5.08. The van der Waals surface area contributed by atoms with Gasteiger partial charge in [-0.1, -0.05) is 31.1 Å².